The van der Waals surface area contributed by atoms with Gasteiger partial charge in [0.25, 0.3) is 0 Å². The Morgan fingerprint density at radius 1 is 0.889 bits per heavy atom. The second-order valence-corrected chi connectivity index (χ2v) is 5.59. The Kier molecular flexibility index (Phi) is 2.17. The van der Waals surface area contributed by atoms with E-state index in [-0.39, 0.29) is 0 Å². The molecule has 1 nitrogen and oxygen atoms in total. The van der Waals surface area contributed by atoms with E-state index in [0.717, 1.165) is 11.9 Å². The number of benzene rings is 2. The third kappa shape index (κ3) is 1.46. The minimum Gasteiger partial charge on any atom is -0.256 e. The topological polar surface area (TPSA) is 12.9 Å². The highest BCUT2D eigenvalue weighted by molar-refractivity contribution is 7.99. The Bertz CT molecular complexity index is 749. The van der Waals surface area contributed by atoms with Crippen LogP contribution >= 0.6 is 11.8 Å². The quantitative estimate of drug-likeness (QED) is 0.461. The summed E-state index contributed by atoms with van der Waals surface area (Å²) in [5.74, 6) is 0. The van der Waals surface area contributed by atoms with Crippen molar-refractivity contribution in [1.82, 2.24) is 4.98 Å². The molecule has 0 saturated heterocycles. The van der Waals surface area contributed by atoms with Crippen LogP contribution in [0.1, 0.15) is 11.1 Å². The molecule has 2 heterocycles. The van der Waals surface area contributed by atoms with E-state index in [9.17, 15) is 0 Å². The molecule has 18 heavy (non-hydrogen) atoms. The molecule has 0 saturated carbocycles. The van der Waals surface area contributed by atoms with Crippen molar-refractivity contribution >= 4 is 22.7 Å². The molecule has 4 rings (SSSR count). The second-order valence-electron chi connectivity index (χ2n) is 4.50. The highest BCUT2D eigenvalue weighted by Gasteiger charge is 2.18. The number of pyridine rings is 1. The van der Waals surface area contributed by atoms with E-state index < -0.39 is 0 Å². The lowest BCUT2D eigenvalue weighted by atomic mass is 10.0. The molecule has 86 valence electrons. The van der Waals surface area contributed by atoms with E-state index in [1.54, 1.807) is 0 Å². The number of fused-ring (bicyclic) bond motifs is 4. The predicted molar refractivity (Wildman–Crippen MR) is 75.1 cm³/mol. The van der Waals surface area contributed by atoms with Crippen LogP contribution in [0.15, 0.2) is 64.5 Å². The van der Waals surface area contributed by atoms with Crippen molar-refractivity contribution in [3.8, 4) is 0 Å². The van der Waals surface area contributed by atoms with Crippen LogP contribution in [0.5, 0.6) is 0 Å². The van der Waals surface area contributed by atoms with Gasteiger partial charge in [0, 0.05) is 27.8 Å². The molecule has 1 aromatic heterocycles. The fourth-order valence-electron chi connectivity index (χ4n) is 2.51. The highest BCUT2D eigenvalue weighted by Crippen LogP contribution is 2.41. The average molecular weight is 249 g/mol. The van der Waals surface area contributed by atoms with Crippen LogP contribution in [0.2, 0.25) is 0 Å². The van der Waals surface area contributed by atoms with Gasteiger partial charge >= 0.3 is 0 Å². The van der Waals surface area contributed by atoms with E-state index in [2.05, 4.69) is 47.4 Å². The van der Waals surface area contributed by atoms with Crippen molar-refractivity contribution in [2.45, 2.75) is 16.2 Å². The minimum absolute atomic E-state index is 0.993. The van der Waals surface area contributed by atoms with Gasteiger partial charge in [-0.15, -0.1) is 0 Å². The van der Waals surface area contributed by atoms with Crippen LogP contribution in [-0.4, -0.2) is 4.98 Å². The first-order valence-corrected chi connectivity index (χ1v) is 6.86. The van der Waals surface area contributed by atoms with Gasteiger partial charge in [-0.25, -0.2) is 0 Å². The number of aromatic nitrogens is 1. The number of hydrogen-bond donors (Lipinski definition) is 0. The van der Waals surface area contributed by atoms with Crippen LogP contribution in [0, 0.1) is 0 Å². The number of rotatable bonds is 0. The Labute approximate surface area is 110 Å². The van der Waals surface area contributed by atoms with Crippen molar-refractivity contribution in [2.24, 2.45) is 0 Å². The van der Waals surface area contributed by atoms with Gasteiger partial charge < -0.3 is 0 Å². The van der Waals surface area contributed by atoms with E-state index in [0.29, 0.717) is 0 Å². The summed E-state index contributed by atoms with van der Waals surface area (Å²) in [6.07, 6.45) is 2.88. The molecule has 0 unspecified atom stereocenters. The Morgan fingerprint density at radius 3 is 2.83 bits per heavy atom. The lowest BCUT2D eigenvalue weighted by Crippen LogP contribution is -2.01. The fourth-order valence-corrected chi connectivity index (χ4v) is 3.59. The standard InChI is InChI=1S/C16H11NS/c1-2-6-14-12(4-1)10-13-15(18-14)8-7-11-5-3-9-17-16(11)13/h1-9H,10H2. The van der Waals surface area contributed by atoms with E-state index >= 15 is 0 Å². The molecule has 0 amide bonds. The van der Waals surface area contributed by atoms with Crippen LogP contribution in [0.3, 0.4) is 0 Å². The van der Waals surface area contributed by atoms with E-state index in [4.69, 9.17) is 0 Å². The van der Waals surface area contributed by atoms with E-state index in [1.165, 1.54) is 26.3 Å². The molecule has 0 aliphatic carbocycles. The molecule has 2 heteroatoms. The first kappa shape index (κ1) is 10.2. The second kappa shape index (κ2) is 3.85. The number of hydrogen-bond acceptors (Lipinski definition) is 2. The zero-order valence-corrected chi connectivity index (χ0v) is 10.6. The molecule has 1 aliphatic rings. The molecule has 0 spiro atoms. The van der Waals surface area contributed by atoms with Crippen molar-refractivity contribution in [1.29, 1.82) is 0 Å². The van der Waals surface area contributed by atoms with Crippen LogP contribution < -0.4 is 0 Å². The molecule has 3 aromatic rings. The van der Waals surface area contributed by atoms with Crippen molar-refractivity contribution < 1.29 is 0 Å². The van der Waals surface area contributed by atoms with Gasteiger partial charge in [-0.3, -0.25) is 4.98 Å². The van der Waals surface area contributed by atoms with Gasteiger partial charge in [-0.1, -0.05) is 42.1 Å². The first-order chi connectivity index (χ1) is 8.92. The maximum absolute atomic E-state index is 4.55. The maximum atomic E-state index is 4.55. The molecule has 2 aromatic carbocycles. The fraction of sp³-hybridized carbons (Fsp3) is 0.0625. The van der Waals surface area contributed by atoms with Gasteiger partial charge in [0.1, 0.15) is 0 Å². The highest BCUT2D eigenvalue weighted by atomic mass is 32.2. The summed E-state index contributed by atoms with van der Waals surface area (Å²) < 4.78 is 0. The molecule has 0 atom stereocenters. The lowest BCUT2D eigenvalue weighted by molar-refractivity contribution is 1.06. The molecular formula is C16H11NS. The Balaban J connectivity index is 1.98. The van der Waals surface area contributed by atoms with Crippen LogP contribution in [0.4, 0.5) is 0 Å². The largest absolute Gasteiger partial charge is 0.256 e. The minimum atomic E-state index is 0.993. The van der Waals surface area contributed by atoms with Crippen molar-refractivity contribution in [3.05, 3.63) is 65.9 Å². The SMILES string of the molecule is c1ccc2c(c1)Cc1c(ccc3cccnc13)S2. The summed E-state index contributed by atoms with van der Waals surface area (Å²) in [6.45, 7) is 0. The number of nitrogens with zero attached hydrogens (tertiary/aromatic N) is 1. The summed E-state index contributed by atoms with van der Waals surface area (Å²) >= 11 is 1.86. The smallest absolute Gasteiger partial charge is 0.0748 e. The molecule has 0 bridgehead atoms. The zero-order chi connectivity index (χ0) is 11.9. The van der Waals surface area contributed by atoms with E-state index in [1.807, 2.05) is 24.0 Å². The Hall–Kier alpha value is -1.80. The van der Waals surface area contributed by atoms with Gasteiger partial charge in [-0.05, 0) is 29.3 Å². The Morgan fingerprint density at radius 2 is 1.83 bits per heavy atom. The monoisotopic (exact) mass is 249 g/mol. The average Bonchev–Trinajstić information content (AvgIpc) is 2.45. The normalized spacial score (nSPS) is 13.1. The lowest BCUT2D eigenvalue weighted by Gasteiger charge is -2.19. The van der Waals surface area contributed by atoms with Gasteiger partial charge in [0.15, 0.2) is 0 Å². The molecule has 0 radical (unpaired) electrons. The first-order valence-electron chi connectivity index (χ1n) is 6.04. The van der Waals surface area contributed by atoms with Crippen molar-refractivity contribution in [3.63, 3.8) is 0 Å². The van der Waals surface area contributed by atoms with Crippen molar-refractivity contribution in [2.75, 3.05) is 0 Å². The van der Waals surface area contributed by atoms with Gasteiger partial charge in [0.2, 0.25) is 0 Å². The summed E-state index contributed by atoms with van der Waals surface area (Å²) in [4.78, 5) is 7.28. The van der Waals surface area contributed by atoms with Crippen LogP contribution in [0.25, 0.3) is 10.9 Å². The summed E-state index contributed by atoms with van der Waals surface area (Å²) in [6, 6.07) is 17.2. The summed E-state index contributed by atoms with van der Waals surface area (Å²) in [5.41, 5.74) is 3.93. The predicted octanol–water partition coefficient (Wildman–Crippen LogP) is 4.29. The zero-order valence-electron chi connectivity index (χ0n) is 9.76. The van der Waals surface area contributed by atoms with Crippen LogP contribution in [-0.2, 0) is 6.42 Å². The summed E-state index contributed by atoms with van der Waals surface area (Å²) in [5, 5.41) is 1.23. The van der Waals surface area contributed by atoms with Gasteiger partial charge in [-0.2, -0.15) is 0 Å². The third-order valence-electron chi connectivity index (χ3n) is 3.40. The van der Waals surface area contributed by atoms with Gasteiger partial charge in [0.05, 0.1) is 5.52 Å². The molecule has 1 aliphatic heterocycles. The molecule has 0 N–H and O–H groups in total. The molecular weight excluding hydrogens is 238 g/mol. The third-order valence-corrected chi connectivity index (χ3v) is 4.62. The maximum Gasteiger partial charge on any atom is 0.0748 e. The summed E-state index contributed by atoms with van der Waals surface area (Å²) in [7, 11) is 0. The molecule has 0 fully saturated rings.